The Labute approximate surface area is 82.9 Å². The molecule has 1 aliphatic carbocycles. The number of hydrogen-bond acceptors (Lipinski definition) is 2. The van der Waals surface area contributed by atoms with Gasteiger partial charge in [-0.15, -0.1) is 0 Å². The quantitative estimate of drug-likeness (QED) is 0.725. The molecule has 0 aromatic carbocycles. The van der Waals surface area contributed by atoms with Crippen LogP contribution >= 0.6 is 0 Å². The second-order valence-electron chi connectivity index (χ2n) is 4.33. The fraction of sp³-hybridized carbons (Fsp3) is 0.800. The van der Waals surface area contributed by atoms with E-state index in [1.807, 2.05) is 0 Å². The van der Waals surface area contributed by atoms with Gasteiger partial charge < -0.3 is 10.0 Å². The van der Waals surface area contributed by atoms with Crippen molar-refractivity contribution in [2.45, 2.75) is 25.7 Å². The van der Waals surface area contributed by atoms with Crippen LogP contribution in [0.1, 0.15) is 25.7 Å². The number of hydrogen-bond donors (Lipinski definition) is 1. The summed E-state index contributed by atoms with van der Waals surface area (Å²) >= 11 is 0. The molecule has 1 saturated heterocycles. The molecule has 2 aliphatic rings. The summed E-state index contributed by atoms with van der Waals surface area (Å²) < 4.78 is 0. The largest absolute Gasteiger partial charge is 0.481 e. The van der Waals surface area contributed by atoms with Gasteiger partial charge in [0.25, 0.3) is 0 Å². The van der Waals surface area contributed by atoms with Crippen molar-refractivity contribution in [2.75, 3.05) is 13.1 Å². The summed E-state index contributed by atoms with van der Waals surface area (Å²) in [6.45, 7) is 1.31. The second-order valence-corrected chi connectivity index (χ2v) is 4.33. The molecule has 2 fully saturated rings. The Balaban J connectivity index is 1.71. The smallest absolute Gasteiger partial charge is 0.303 e. The third-order valence-electron chi connectivity index (χ3n) is 3.19. The van der Waals surface area contributed by atoms with Crippen LogP contribution in [0.5, 0.6) is 0 Å². The number of nitrogens with zero attached hydrogens (tertiary/aromatic N) is 1. The number of likely N-dealkylation sites (tertiary alicyclic amines) is 1. The zero-order valence-electron chi connectivity index (χ0n) is 8.11. The van der Waals surface area contributed by atoms with E-state index in [4.69, 9.17) is 5.11 Å². The molecule has 1 saturated carbocycles. The maximum absolute atomic E-state index is 11.6. The number of carboxylic acids is 1. The highest BCUT2D eigenvalue weighted by molar-refractivity contribution is 5.80. The zero-order chi connectivity index (χ0) is 10.1. The van der Waals surface area contributed by atoms with Crippen molar-refractivity contribution in [1.82, 2.24) is 4.90 Å². The summed E-state index contributed by atoms with van der Waals surface area (Å²) in [5.41, 5.74) is 0. The van der Waals surface area contributed by atoms with Crippen LogP contribution in [0.2, 0.25) is 0 Å². The van der Waals surface area contributed by atoms with Gasteiger partial charge in [0.15, 0.2) is 0 Å². The van der Waals surface area contributed by atoms with Crippen LogP contribution in [-0.4, -0.2) is 35.0 Å². The van der Waals surface area contributed by atoms with Crippen molar-refractivity contribution in [1.29, 1.82) is 0 Å². The van der Waals surface area contributed by atoms with E-state index in [2.05, 4.69) is 0 Å². The number of carbonyl (C=O) groups is 2. The van der Waals surface area contributed by atoms with Gasteiger partial charge in [-0.2, -0.15) is 0 Å². The average Bonchev–Trinajstić information content (AvgIpc) is 1.91. The molecule has 0 atom stereocenters. The van der Waals surface area contributed by atoms with Gasteiger partial charge >= 0.3 is 5.97 Å². The maximum atomic E-state index is 11.6. The minimum atomic E-state index is -0.759. The van der Waals surface area contributed by atoms with Crippen molar-refractivity contribution in [3.63, 3.8) is 0 Å². The lowest BCUT2D eigenvalue weighted by Gasteiger charge is -2.42. The minimum absolute atomic E-state index is 0.191. The Morgan fingerprint density at radius 3 is 2.36 bits per heavy atom. The number of carbonyl (C=O) groups excluding carboxylic acids is 1. The van der Waals surface area contributed by atoms with Crippen LogP contribution in [0, 0.1) is 11.8 Å². The first-order chi connectivity index (χ1) is 6.66. The summed E-state index contributed by atoms with van der Waals surface area (Å²) in [7, 11) is 0. The number of amides is 1. The summed E-state index contributed by atoms with van der Waals surface area (Å²) in [5, 5.41) is 8.54. The Kier molecular flexibility index (Phi) is 2.44. The van der Waals surface area contributed by atoms with Crippen LogP contribution in [0.25, 0.3) is 0 Å². The predicted molar refractivity (Wildman–Crippen MR) is 49.7 cm³/mol. The first-order valence-electron chi connectivity index (χ1n) is 5.17. The Morgan fingerprint density at radius 2 is 1.93 bits per heavy atom. The van der Waals surface area contributed by atoms with Gasteiger partial charge in [-0.1, -0.05) is 6.42 Å². The molecule has 0 spiro atoms. The highest BCUT2D eigenvalue weighted by Gasteiger charge is 2.37. The predicted octanol–water partition coefficient (Wildman–Crippen LogP) is 0.720. The molecule has 14 heavy (non-hydrogen) atoms. The fourth-order valence-electron chi connectivity index (χ4n) is 2.04. The molecule has 0 unspecified atom stereocenters. The molecular weight excluding hydrogens is 182 g/mol. The molecule has 1 amide bonds. The normalized spacial score (nSPS) is 22.7. The molecule has 1 N–H and O–H groups in total. The van der Waals surface area contributed by atoms with Crippen LogP contribution < -0.4 is 0 Å². The molecule has 1 heterocycles. The fourth-order valence-corrected chi connectivity index (χ4v) is 2.04. The van der Waals surface area contributed by atoms with Crippen LogP contribution in [-0.2, 0) is 9.59 Å². The lowest BCUT2D eigenvalue weighted by atomic mass is 9.82. The molecule has 0 aromatic heterocycles. The Bertz CT molecular complexity index is 254. The lowest BCUT2D eigenvalue weighted by molar-refractivity contribution is -0.149. The standard InChI is InChI=1S/C10H15NO3/c12-9(13)4-7-5-11(6-7)10(14)8-2-1-3-8/h7-8H,1-6H2,(H,12,13). The van der Waals surface area contributed by atoms with E-state index in [1.54, 1.807) is 4.90 Å². The summed E-state index contributed by atoms with van der Waals surface area (Å²) in [6.07, 6.45) is 3.43. The van der Waals surface area contributed by atoms with Crippen LogP contribution in [0.4, 0.5) is 0 Å². The van der Waals surface area contributed by atoms with E-state index in [0.717, 1.165) is 12.8 Å². The highest BCUT2D eigenvalue weighted by atomic mass is 16.4. The molecule has 0 bridgehead atoms. The van der Waals surface area contributed by atoms with Gasteiger partial charge in [0, 0.05) is 24.9 Å². The summed E-state index contributed by atoms with van der Waals surface area (Å²) in [5.74, 6) is -0.0686. The molecule has 4 nitrogen and oxygen atoms in total. The van der Waals surface area contributed by atoms with Crippen molar-refractivity contribution >= 4 is 11.9 Å². The lowest BCUT2D eigenvalue weighted by Crippen LogP contribution is -2.53. The molecule has 78 valence electrons. The maximum Gasteiger partial charge on any atom is 0.303 e. The Morgan fingerprint density at radius 1 is 1.29 bits per heavy atom. The Hall–Kier alpha value is -1.06. The van der Waals surface area contributed by atoms with E-state index in [1.165, 1.54) is 6.42 Å². The van der Waals surface area contributed by atoms with Gasteiger partial charge in [-0.3, -0.25) is 9.59 Å². The molecule has 1 aliphatic heterocycles. The molecule has 4 heteroatoms. The third-order valence-corrected chi connectivity index (χ3v) is 3.19. The molecule has 2 rings (SSSR count). The molecule has 0 radical (unpaired) electrons. The van der Waals surface area contributed by atoms with Crippen molar-refractivity contribution in [2.24, 2.45) is 11.8 Å². The zero-order valence-corrected chi connectivity index (χ0v) is 8.11. The van der Waals surface area contributed by atoms with E-state index in [9.17, 15) is 9.59 Å². The van der Waals surface area contributed by atoms with E-state index < -0.39 is 5.97 Å². The van der Waals surface area contributed by atoms with E-state index in [0.29, 0.717) is 13.1 Å². The van der Waals surface area contributed by atoms with E-state index >= 15 is 0 Å². The summed E-state index contributed by atoms with van der Waals surface area (Å²) in [4.78, 5) is 23.8. The van der Waals surface area contributed by atoms with Gasteiger partial charge in [-0.25, -0.2) is 0 Å². The SMILES string of the molecule is O=C(O)CC1CN(C(=O)C2CCC2)C1. The second kappa shape index (κ2) is 3.59. The van der Waals surface area contributed by atoms with Gasteiger partial charge in [0.2, 0.25) is 5.91 Å². The van der Waals surface area contributed by atoms with Gasteiger partial charge in [0.1, 0.15) is 0 Å². The van der Waals surface area contributed by atoms with Gasteiger partial charge in [0.05, 0.1) is 6.42 Å². The third kappa shape index (κ3) is 1.74. The topological polar surface area (TPSA) is 57.6 Å². The summed E-state index contributed by atoms with van der Waals surface area (Å²) in [6, 6.07) is 0. The van der Waals surface area contributed by atoms with Crippen molar-refractivity contribution in [3.05, 3.63) is 0 Å². The van der Waals surface area contributed by atoms with Gasteiger partial charge in [-0.05, 0) is 12.8 Å². The van der Waals surface area contributed by atoms with Crippen molar-refractivity contribution < 1.29 is 14.7 Å². The highest BCUT2D eigenvalue weighted by Crippen LogP contribution is 2.31. The molecule has 0 aromatic rings. The number of aliphatic carboxylic acids is 1. The van der Waals surface area contributed by atoms with Crippen LogP contribution in [0.3, 0.4) is 0 Å². The van der Waals surface area contributed by atoms with Crippen LogP contribution in [0.15, 0.2) is 0 Å². The number of rotatable bonds is 3. The molecular formula is C10H15NO3. The minimum Gasteiger partial charge on any atom is -0.481 e. The van der Waals surface area contributed by atoms with Crippen molar-refractivity contribution in [3.8, 4) is 0 Å². The monoisotopic (exact) mass is 197 g/mol. The average molecular weight is 197 g/mol. The first-order valence-corrected chi connectivity index (χ1v) is 5.17. The first kappa shape index (κ1) is 9.49. The number of carboxylic acid groups (broad SMARTS) is 1. The van der Waals surface area contributed by atoms with E-state index in [-0.39, 0.29) is 24.2 Å².